The van der Waals surface area contributed by atoms with Gasteiger partial charge in [-0.15, -0.1) is 5.10 Å². The normalized spacial score (nSPS) is 19.2. The van der Waals surface area contributed by atoms with Crippen LogP contribution in [-0.2, 0) is 0 Å². The summed E-state index contributed by atoms with van der Waals surface area (Å²) >= 11 is 1.52. The Balaban J connectivity index is 1.32. The maximum absolute atomic E-state index is 5.87. The standard InChI is InChI=1S/C24H36N2O2S/c1-3-5-6-8-19-10-12-20(13-11-19)9-7-18-28-24-26-25-23(29-24)21-14-16-22(17-15-21)27-4-2/h14-17,19-20H,3-13,18H2,1-2H3. The van der Waals surface area contributed by atoms with Gasteiger partial charge in [0.25, 0.3) is 5.19 Å². The van der Waals surface area contributed by atoms with Crippen LogP contribution >= 0.6 is 11.3 Å². The monoisotopic (exact) mass is 416 g/mol. The van der Waals surface area contributed by atoms with E-state index < -0.39 is 0 Å². The molecule has 160 valence electrons. The molecule has 0 spiro atoms. The predicted molar refractivity (Wildman–Crippen MR) is 121 cm³/mol. The molecule has 0 atom stereocenters. The quantitative estimate of drug-likeness (QED) is 0.345. The Bertz CT molecular complexity index is 693. The highest BCUT2D eigenvalue weighted by Gasteiger charge is 2.20. The Hall–Kier alpha value is -1.62. The maximum Gasteiger partial charge on any atom is 0.294 e. The third kappa shape index (κ3) is 7.29. The van der Waals surface area contributed by atoms with E-state index >= 15 is 0 Å². The van der Waals surface area contributed by atoms with Crippen LogP contribution in [0.4, 0.5) is 0 Å². The summed E-state index contributed by atoms with van der Waals surface area (Å²) in [4.78, 5) is 0. The van der Waals surface area contributed by atoms with Crippen LogP contribution in [0.15, 0.2) is 24.3 Å². The molecule has 1 fully saturated rings. The van der Waals surface area contributed by atoms with Gasteiger partial charge >= 0.3 is 0 Å². The van der Waals surface area contributed by atoms with Gasteiger partial charge in [-0.25, -0.2) is 0 Å². The Kier molecular flexibility index (Phi) is 9.26. The molecule has 0 radical (unpaired) electrons. The van der Waals surface area contributed by atoms with Crippen molar-refractivity contribution in [3.8, 4) is 21.5 Å². The van der Waals surface area contributed by atoms with Crippen molar-refractivity contribution in [2.75, 3.05) is 13.2 Å². The number of hydrogen-bond donors (Lipinski definition) is 0. The van der Waals surface area contributed by atoms with E-state index in [9.17, 15) is 0 Å². The highest BCUT2D eigenvalue weighted by atomic mass is 32.1. The Morgan fingerprint density at radius 1 is 0.862 bits per heavy atom. The predicted octanol–water partition coefficient (Wildman–Crippen LogP) is 7.15. The first-order valence-electron chi connectivity index (χ1n) is 11.5. The van der Waals surface area contributed by atoms with Crippen LogP contribution in [0.1, 0.15) is 78.1 Å². The zero-order valence-corrected chi connectivity index (χ0v) is 18.9. The lowest BCUT2D eigenvalue weighted by Crippen LogP contribution is -2.15. The fourth-order valence-corrected chi connectivity index (χ4v) is 4.99. The second-order valence-corrected chi connectivity index (χ2v) is 9.14. The molecule has 4 nitrogen and oxygen atoms in total. The summed E-state index contributed by atoms with van der Waals surface area (Å²) in [5, 5.41) is 10.0. The van der Waals surface area contributed by atoms with Crippen molar-refractivity contribution in [1.82, 2.24) is 10.2 Å². The van der Waals surface area contributed by atoms with Crippen molar-refractivity contribution in [3.05, 3.63) is 24.3 Å². The molecular weight excluding hydrogens is 380 g/mol. The lowest BCUT2D eigenvalue weighted by atomic mass is 9.78. The molecule has 1 aromatic heterocycles. The van der Waals surface area contributed by atoms with Crippen LogP contribution in [0.2, 0.25) is 0 Å². The van der Waals surface area contributed by atoms with Crippen molar-refractivity contribution < 1.29 is 9.47 Å². The molecule has 0 N–H and O–H groups in total. The summed E-state index contributed by atoms with van der Waals surface area (Å²) in [6.07, 6.45) is 13.7. The van der Waals surface area contributed by atoms with E-state index in [2.05, 4.69) is 17.1 Å². The molecule has 3 rings (SSSR count). The first-order valence-corrected chi connectivity index (χ1v) is 12.3. The van der Waals surface area contributed by atoms with E-state index in [0.29, 0.717) is 11.8 Å². The molecule has 1 aromatic carbocycles. The van der Waals surface area contributed by atoms with Gasteiger partial charge < -0.3 is 9.47 Å². The molecule has 0 aliphatic heterocycles. The molecule has 1 heterocycles. The second kappa shape index (κ2) is 12.2. The average molecular weight is 417 g/mol. The molecule has 29 heavy (non-hydrogen) atoms. The number of ether oxygens (including phenoxy) is 2. The molecule has 0 saturated heterocycles. The third-order valence-corrected chi connectivity index (χ3v) is 6.87. The van der Waals surface area contributed by atoms with Gasteiger partial charge in [-0.2, -0.15) is 0 Å². The number of benzene rings is 1. The minimum absolute atomic E-state index is 0.675. The molecule has 2 aromatic rings. The van der Waals surface area contributed by atoms with E-state index in [1.54, 1.807) is 0 Å². The van der Waals surface area contributed by atoms with Crippen molar-refractivity contribution in [3.63, 3.8) is 0 Å². The molecule has 1 aliphatic rings. The van der Waals surface area contributed by atoms with Gasteiger partial charge in [0.05, 0.1) is 13.2 Å². The lowest BCUT2D eigenvalue weighted by Gasteiger charge is -2.28. The molecule has 0 bridgehead atoms. The van der Waals surface area contributed by atoms with Gasteiger partial charge in [-0.1, -0.05) is 74.7 Å². The number of rotatable bonds is 12. The molecule has 1 aliphatic carbocycles. The number of hydrogen-bond acceptors (Lipinski definition) is 5. The number of unbranched alkanes of at least 4 members (excludes halogenated alkanes) is 2. The van der Waals surface area contributed by atoms with E-state index in [0.717, 1.165) is 41.2 Å². The lowest BCUT2D eigenvalue weighted by molar-refractivity contribution is 0.227. The Morgan fingerprint density at radius 2 is 1.55 bits per heavy atom. The maximum atomic E-state index is 5.87. The van der Waals surface area contributed by atoms with E-state index in [4.69, 9.17) is 9.47 Å². The van der Waals surface area contributed by atoms with E-state index in [1.165, 1.54) is 69.1 Å². The summed E-state index contributed by atoms with van der Waals surface area (Å²) in [7, 11) is 0. The molecule has 0 unspecified atom stereocenters. The van der Waals surface area contributed by atoms with Crippen LogP contribution in [0.25, 0.3) is 10.6 Å². The van der Waals surface area contributed by atoms with Crippen LogP contribution in [0.5, 0.6) is 10.9 Å². The van der Waals surface area contributed by atoms with E-state index in [1.807, 2.05) is 31.2 Å². The van der Waals surface area contributed by atoms with Crippen LogP contribution < -0.4 is 9.47 Å². The minimum atomic E-state index is 0.675. The Morgan fingerprint density at radius 3 is 2.21 bits per heavy atom. The summed E-state index contributed by atoms with van der Waals surface area (Å²) in [5.41, 5.74) is 1.05. The topological polar surface area (TPSA) is 44.2 Å². The van der Waals surface area contributed by atoms with Crippen molar-refractivity contribution in [2.24, 2.45) is 11.8 Å². The Labute approximate surface area is 180 Å². The highest BCUT2D eigenvalue weighted by Crippen LogP contribution is 2.34. The van der Waals surface area contributed by atoms with Gasteiger partial charge in [-0.3, -0.25) is 0 Å². The van der Waals surface area contributed by atoms with Gasteiger partial charge in [0, 0.05) is 5.56 Å². The molecule has 0 amide bonds. The van der Waals surface area contributed by atoms with Crippen molar-refractivity contribution in [2.45, 2.75) is 78.1 Å². The van der Waals surface area contributed by atoms with Gasteiger partial charge in [0.1, 0.15) is 5.75 Å². The SMILES string of the molecule is CCCCCC1CCC(CCCOc2nnc(-c3ccc(OCC)cc3)s2)CC1. The number of nitrogens with zero attached hydrogens (tertiary/aromatic N) is 2. The van der Waals surface area contributed by atoms with Gasteiger partial charge in [0.15, 0.2) is 5.01 Å². The first kappa shape index (κ1) is 22.1. The van der Waals surface area contributed by atoms with Crippen molar-refractivity contribution >= 4 is 11.3 Å². The first-order chi connectivity index (χ1) is 14.3. The molecular formula is C24H36N2O2S. The molecule has 5 heteroatoms. The minimum Gasteiger partial charge on any atom is -0.494 e. The van der Waals surface area contributed by atoms with Crippen molar-refractivity contribution in [1.29, 1.82) is 0 Å². The summed E-state index contributed by atoms with van der Waals surface area (Å²) in [6.45, 7) is 5.70. The fourth-order valence-electron chi connectivity index (χ4n) is 4.27. The zero-order chi connectivity index (χ0) is 20.3. The zero-order valence-electron chi connectivity index (χ0n) is 18.1. The van der Waals surface area contributed by atoms with Gasteiger partial charge in [-0.05, 0) is 55.9 Å². The largest absolute Gasteiger partial charge is 0.494 e. The average Bonchev–Trinajstić information content (AvgIpc) is 3.22. The van der Waals surface area contributed by atoms with Crippen LogP contribution in [-0.4, -0.2) is 23.4 Å². The molecule has 1 saturated carbocycles. The van der Waals surface area contributed by atoms with Gasteiger partial charge in [0.2, 0.25) is 0 Å². The smallest absolute Gasteiger partial charge is 0.294 e. The highest BCUT2D eigenvalue weighted by molar-refractivity contribution is 7.16. The number of aromatic nitrogens is 2. The fraction of sp³-hybridized carbons (Fsp3) is 0.667. The summed E-state index contributed by atoms with van der Waals surface area (Å²) in [5.74, 6) is 2.78. The second-order valence-electron chi connectivity index (χ2n) is 8.20. The van der Waals surface area contributed by atoms with E-state index in [-0.39, 0.29) is 0 Å². The third-order valence-electron chi connectivity index (χ3n) is 5.98. The summed E-state index contributed by atoms with van der Waals surface area (Å²) < 4.78 is 11.4. The summed E-state index contributed by atoms with van der Waals surface area (Å²) in [6, 6.07) is 7.99. The van der Waals surface area contributed by atoms with Crippen LogP contribution in [0, 0.1) is 11.8 Å². The van der Waals surface area contributed by atoms with Crippen LogP contribution in [0.3, 0.4) is 0 Å².